The van der Waals surface area contributed by atoms with E-state index in [1.165, 1.54) is 5.56 Å². The summed E-state index contributed by atoms with van der Waals surface area (Å²) in [5.74, 6) is 0. The molecule has 0 heterocycles. The highest BCUT2D eigenvalue weighted by molar-refractivity contribution is 6.31. The number of benzene rings is 1. The number of rotatable bonds is 3. The van der Waals surface area contributed by atoms with E-state index in [2.05, 4.69) is 11.5 Å². The van der Waals surface area contributed by atoms with Crippen LogP contribution in [0.2, 0.25) is 5.02 Å². The SMILES string of the molecule is Cc1cc(CNN(C)C)ccc1Cl. The number of halogens is 1. The molecular weight excluding hydrogens is 184 g/mol. The summed E-state index contributed by atoms with van der Waals surface area (Å²) in [7, 11) is 3.95. The molecule has 0 aromatic heterocycles. The Bertz CT molecular complexity index is 284. The van der Waals surface area contributed by atoms with Crippen LogP contribution in [0.1, 0.15) is 11.1 Å². The van der Waals surface area contributed by atoms with Gasteiger partial charge in [0, 0.05) is 25.7 Å². The average molecular weight is 199 g/mol. The van der Waals surface area contributed by atoms with Crippen molar-refractivity contribution in [3.63, 3.8) is 0 Å². The summed E-state index contributed by atoms with van der Waals surface area (Å²) in [4.78, 5) is 0. The van der Waals surface area contributed by atoms with E-state index in [1.807, 2.05) is 38.2 Å². The fourth-order valence-corrected chi connectivity index (χ4v) is 1.18. The van der Waals surface area contributed by atoms with Crippen LogP contribution in [-0.2, 0) is 6.54 Å². The minimum atomic E-state index is 0.827. The highest BCUT2D eigenvalue weighted by atomic mass is 35.5. The first-order chi connectivity index (χ1) is 6.09. The minimum absolute atomic E-state index is 0.827. The molecule has 0 amide bonds. The van der Waals surface area contributed by atoms with E-state index in [0.29, 0.717) is 0 Å². The van der Waals surface area contributed by atoms with E-state index >= 15 is 0 Å². The van der Waals surface area contributed by atoms with Crippen molar-refractivity contribution in [3.8, 4) is 0 Å². The van der Waals surface area contributed by atoms with Crippen molar-refractivity contribution in [2.24, 2.45) is 0 Å². The van der Waals surface area contributed by atoms with Gasteiger partial charge in [0.25, 0.3) is 0 Å². The molecule has 0 aliphatic heterocycles. The first-order valence-corrected chi connectivity index (χ1v) is 4.63. The van der Waals surface area contributed by atoms with Crippen molar-refractivity contribution < 1.29 is 0 Å². The molecule has 0 aliphatic carbocycles. The number of hydrogen-bond donors (Lipinski definition) is 1. The number of nitrogens with zero attached hydrogens (tertiary/aromatic N) is 1. The van der Waals surface area contributed by atoms with Crippen LogP contribution < -0.4 is 5.43 Å². The largest absolute Gasteiger partial charge is 0.251 e. The maximum absolute atomic E-state index is 5.91. The maximum atomic E-state index is 5.91. The molecule has 0 bridgehead atoms. The third kappa shape index (κ3) is 3.35. The van der Waals surface area contributed by atoms with Gasteiger partial charge < -0.3 is 0 Å². The van der Waals surface area contributed by atoms with Gasteiger partial charge in [0.2, 0.25) is 0 Å². The van der Waals surface area contributed by atoms with Crippen molar-refractivity contribution >= 4 is 11.6 Å². The Hall–Kier alpha value is -0.570. The Kier molecular flexibility index (Phi) is 3.72. The van der Waals surface area contributed by atoms with Crippen molar-refractivity contribution in [3.05, 3.63) is 34.3 Å². The number of hydrogen-bond acceptors (Lipinski definition) is 2. The van der Waals surface area contributed by atoms with Crippen LogP contribution in [0.15, 0.2) is 18.2 Å². The van der Waals surface area contributed by atoms with Crippen molar-refractivity contribution in [1.82, 2.24) is 10.4 Å². The van der Waals surface area contributed by atoms with Gasteiger partial charge in [-0.05, 0) is 24.1 Å². The lowest BCUT2D eigenvalue weighted by Crippen LogP contribution is -2.29. The predicted octanol–water partition coefficient (Wildman–Crippen LogP) is 2.21. The predicted molar refractivity (Wildman–Crippen MR) is 56.7 cm³/mol. The van der Waals surface area contributed by atoms with Crippen molar-refractivity contribution in [1.29, 1.82) is 0 Å². The van der Waals surface area contributed by atoms with Gasteiger partial charge in [0.1, 0.15) is 0 Å². The second kappa shape index (κ2) is 4.61. The molecule has 1 rings (SSSR count). The zero-order chi connectivity index (χ0) is 9.84. The van der Waals surface area contributed by atoms with Gasteiger partial charge in [-0.15, -0.1) is 0 Å². The molecule has 0 fully saturated rings. The van der Waals surface area contributed by atoms with Gasteiger partial charge in [-0.1, -0.05) is 23.7 Å². The van der Waals surface area contributed by atoms with Crippen LogP contribution in [0, 0.1) is 6.92 Å². The monoisotopic (exact) mass is 198 g/mol. The smallest absolute Gasteiger partial charge is 0.0435 e. The van der Waals surface area contributed by atoms with Gasteiger partial charge in [-0.3, -0.25) is 10.4 Å². The van der Waals surface area contributed by atoms with E-state index in [9.17, 15) is 0 Å². The summed E-state index contributed by atoms with van der Waals surface area (Å²) in [6, 6.07) is 6.06. The van der Waals surface area contributed by atoms with Crippen molar-refractivity contribution in [2.75, 3.05) is 14.1 Å². The highest BCUT2D eigenvalue weighted by Crippen LogP contribution is 2.15. The second-order valence-corrected chi connectivity index (χ2v) is 3.72. The molecule has 1 aromatic rings. The molecule has 0 spiro atoms. The summed E-state index contributed by atoms with van der Waals surface area (Å²) in [6.45, 7) is 2.85. The van der Waals surface area contributed by atoms with Crippen LogP contribution in [-0.4, -0.2) is 19.1 Å². The fraction of sp³-hybridized carbons (Fsp3) is 0.400. The van der Waals surface area contributed by atoms with E-state index in [4.69, 9.17) is 11.6 Å². The Morgan fingerprint density at radius 2 is 2.08 bits per heavy atom. The van der Waals surface area contributed by atoms with E-state index < -0.39 is 0 Å². The van der Waals surface area contributed by atoms with Gasteiger partial charge in [-0.25, -0.2) is 0 Å². The Labute approximate surface area is 84.5 Å². The normalized spacial score (nSPS) is 10.8. The molecule has 0 saturated heterocycles. The first kappa shape index (κ1) is 10.5. The van der Waals surface area contributed by atoms with Crippen molar-refractivity contribution in [2.45, 2.75) is 13.5 Å². The lowest BCUT2D eigenvalue weighted by atomic mass is 10.1. The standard InChI is InChI=1S/C10H15ClN2/c1-8-6-9(4-5-10(8)11)7-12-13(2)3/h4-6,12H,7H2,1-3H3. The zero-order valence-corrected chi connectivity index (χ0v) is 9.02. The maximum Gasteiger partial charge on any atom is 0.0435 e. The molecule has 0 saturated carbocycles. The third-order valence-corrected chi connectivity index (χ3v) is 2.25. The summed E-state index contributed by atoms with van der Waals surface area (Å²) in [5, 5.41) is 2.76. The molecule has 1 N–H and O–H groups in total. The highest BCUT2D eigenvalue weighted by Gasteiger charge is 1.97. The van der Waals surface area contributed by atoms with Crippen LogP contribution in [0.25, 0.3) is 0 Å². The lowest BCUT2D eigenvalue weighted by molar-refractivity contribution is 0.286. The molecular formula is C10H15ClN2. The van der Waals surface area contributed by atoms with Gasteiger partial charge in [0.05, 0.1) is 0 Å². The summed E-state index contributed by atoms with van der Waals surface area (Å²) >= 11 is 5.91. The Morgan fingerprint density at radius 1 is 1.38 bits per heavy atom. The Balaban J connectivity index is 2.63. The van der Waals surface area contributed by atoms with Gasteiger partial charge >= 0.3 is 0 Å². The fourth-order valence-electron chi connectivity index (χ4n) is 1.07. The molecule has 0 radical (unpaired) electrons. The number of aryl methyl sites for hydroxylation is 1. The molecule has 72 valence electrons. The third-order valence-electron chi connectivity index (χ3n) is 1.82. The van der Waals surface area contributed by atoms with Gasteiger partial charge in [0.15, 0.2) is 0 Å². The zero-order valence-electron chi connectivity index (χ0n) is 8.26. The number of hydrazine groups is 1. The lowest BCUT2D eigenvalue weighted by Gasteiger charge is -2.12. The first-order valence-electron chi connectivity index (χ1n) is 4.25. The molecule has 0 atom stereocenters. The summed E-state index contributed by atoms with van der Waals surface area (Å²) in [6.07, 6.45) is 0. The molecule has 0 aliphatic rings. The number of nitrogens with one attached hydrogen (secondary N) is 1. The van der Waals surface area contributed by atoms with Crippen LogP contribution in [0.5, 0.6) is 0 Å². The minimum Gasteiger partial charge on any atom is -0.251 e. The molecule has 3 heteroatoms. The van der Waals surface area contributed by atoms with Crippen LogP contribution in [0.3, 0.4) is 0 Å². The quantitative estimate of drug-likeness (QED) is 0.750. The summed E-state index contributed by atoms with van der Waals surface area (Å²) in [5.41, 5.74) is 5.57. The van der Waals surface area contributed by atoms with Gasteiger partial charge in [-0.2, -0.15) is 0 Å². The molecule has 13 heavy (non-hydrogen) atoms. The summed E-state index contributed by atoms with van der Waals surface area (Å²) < 4.78 is 0. The molecule has 2 nitrogen and oxygen atoms in total. The van der Waals surface area contributed by atoms with E-state index in [1.54, 1.807) is 0 Å². The van der Waals surface area contributed by atoms with E-state index in [-0.39, 0.29) is 0 Å². The van der Waals surface area contributed by atoms with Crippen LogP contribution >= 0.6 is 11.6 Å². The molecule has 0 unspecified atom stereocenters. The second-order valence-electron chi connectivity index (χ2n) is 3.31. The van der Waals surface area contributed by atoms with Crippen LogP contribution in [0.4, 0.5) is 0 Å². The molecule has 1 aromatic carbocycles. The topological polar surface area (TPSA) is 15.3 Å². The van der Waals surface area contributed by atoms with E-state index in [0.717, 1.165) is 17.1 Å². The average Bonchev–Trinajstić information content (AvgIpc) is 2.07. The Morgan fingerprint density at radius 3 is 2.62 bits per heavy atom.